The summed E-state index contributed by atoms with van der Waals surface area (Å²) in [5, 5.41) is 0. The first-order chi connectivity index (χ1) is 11.1. The molecule has 0 radical (unpaired) electrons. The summed E-state index contributed by atoms with van der Waals surface area (Å²) in [7, 11) is 1.64. The minimum Gasteiger partial charge on any atom is -0.497 e. The van der Waals surface area contributed by atoms with E-state index < -0.39 is 0 Å². The van der Waals surface area contributed by atoms with Crippen molar-refractivity contribution in [1.82, 2.24) is 14.5 Å². The summed E-state index contributed by atoms with van der Waals surface area (Å²) in [5.41, 5.74) is 0.989. The third-order valence-electron chi connectivity index (χ3n) is 4.31. The number of hydrogen-bond donors (Lipinski definition) is 0. The van der Waals surface area contributed by atoms with Crippen LogP contribution in [0.1, 0.15) is 37.2 Å². The van der Waals surface area contributed by atoms with Gasteiger partial charge in [0.25, 0.3) is 0 Å². The zero-order valence-corrected chi connectivity index (χ0v) is 13.9. The number of benzene rings is 1. The predicted octanol–water partition coefficient (Wildman–Crippen LogP) is 2.64. The lowest BCUT2D eigenvalue weighted by Gasteiger charge is -2.41. The number of likely N-dealkylation sites (tertiary alicyclic amines) is 1. The van der Waals surface area contributed by atoms with Gasteiger partial charge in [-0.25, -0.2) is 4.98 Å². The molecule has 5 nitrogen and oxygen atoms in total. The van der Waals surface area contributed by atoms with Crippen molar-refractivity contribution in [2.24, 2.45) is 0 Å². The Hall–Kier alpha value is -2.30. The van der Waals surface area contributed by atoms with E-state index in [1.54, 1.807) is 7.11 Å². The molecule has 0 aliphatic carbocycles. The van der Waals surface area contributed by atoms with Crippen LogP contribution in [0.2, 0.25) is 0 Å². The summed E-state index contributed by atoms with van der Waals surface area (Å²) in [6.45, 7) is 5.81. The van der Waals surface area contributed by atoms with Crippen molar-refractivity contribution in [1.29, 1.82) is 0 Å². The van der Waals surface area contributed by atoms with E-state index >= 15 is 0 Å². The third kappa shape index (κ3) is 3.23. The Balaban J connectivity index is 1.58. The standard InChI is InChI=1S/C18H23N3O2/c1-13(2)18-19-7-8-21(18)15-11-20(12-15)17(22)10-14-5-4-6-16(9-14)23-3/h4-9,13,15H,10-12H2,1-3H3. The van der Waals surface area contributed by atoms with Gasteiger partial charge in [0.05, 0.1) is 19.6 Å². The molecule has 3 rings (SSSR count). The van der Waals surface area contributed by atoms with Crippen molar-refractivity contribution in [2.75, 3.05) is 20.2 Å². The molecule has 1 aliphatic heterocycles. The van der Waals surface area contributed by atoms with Gasteiger partial charge in [-0.3, -0.25) is 4.79 Å². The van der Waals surface area contributed by atoms with E-state index in [9.17, 15) is 4.79 Å². The van der Waals surface area contributed by atoms with Crippen LogP contribution in [0.25, 0.3) is 0 Å². The van der Waals surface area contributed by atoms with E-state index in [4.69, 9.17) is 4.74 Å². The van der Waals surface area contributed by atoms with Crippen molar-refractivity contribution in [3.05, 3.63) is 48.0 Å². The second-order valence-corrected chi connectivity index (χ2v) is 6.33. The minimum atomic E-state index is 0.167. The van der Waals surface area contributed by atoms with Gasteiger partial charge in [0, 0.05) is 31.4 Å². The maximum atomic E-state index is 12.4. The zero-order valence-electron chi connectivity index (χ0n) is 13.9. The Morgan fingerprint density at radius 1 is 1.39 bits per heavy atom. The summed E-state index contributed by atoms with van der Waals surface area (Å²) < 4.78 is 7.41. The molecular formula is C18H23N3O2. The molecular weight excluding hydrogens is 290 g/mol. The number of nitrogens with zero attached hydrogens (tertiary/aromatic N) is 3. The maximum absolute atomic E-state index is 12.4. The number of hydrogen-bond acceptors (Lipinski definition) is 3. The normalized spacial score (nSPS) is 14.9. The first-order valence-electron chi connectivity index (χ1n) is 8.02. The van der Waals surface area contributed by atoms with Crippen LogP contribution in [0, 0.1) is 0 Å². The molecule has 1 saturated heterocycles. The number of carbonyl (C=O) groups excluding carboxylic acids is 1. The van der Waals surface area contributed by atoms with Crippen LogP contribution < -0.4 is 4.74 Å². The molecule has 2 aromatic rings. The van der Waals surface area contributed by atoms with Crippen molar-refractivity contribution >= 4 is 5.91 Å². The lowest BCUT2D eigenvalue weighted by molar-refractivity contribution is -0.136. The Kier molecular flexibility index (Phi) is 4.37. The zero-order chi connectivity index (χ0) is 16.4. The molecule has 1 aromatic heterocycles. The molecule has 23 heavy (non-hydrogen) atoms. The molecule has 1 aliphatic rings. The number of rotatable bonds is 5. The molecule has 5 heteroatoms. The average Bonchev–Trinajstić information content (AvgIpc) is 2.95. The smallest absolute Gasteiger partial charge is 0.227 e. The molecule has 1 amide bonds. The highest BCUT2D eigenvalue weighted by atomic mass is 16.5. The fourth-order valence-corrected chi connectivity index (χ4v) is 2.98. The van der Waals surface area contributed by atoms with Crippen LogP contribution in [-0.2, 0) is 11.2 Å². The van der Waals surface area contributed by atoms with Gasteiger partial charge in [-0.15, -0.1) is 0 Å². The molecule has 0 unspecified atom stereocenters. The van der Waals surface area contributed by atoms with Crippen molar-refractivity contribution in [3.63, 3.8) is 0 Å². The summed E-state index contributed by atoms with van der Waals surface area (Å²) in [6, 6.07) is 8.04. The fourth-order valence-electron chi connectivity index (χ4n) is 2.98. The molecule has 0 N–H and O–H groups in total. The van der Waals surface area contributed by atoms with E-state index in [0.717, 1.165) is 30.2 Å². The van der Waals surface area contributed by atoms with Crippen LogP contribution in [0.5, 0.6) is 5.75 Å². The van der Waals surface area contributed by atoms with Gasteiger partial charge in [0.15, 0.2) is 0 Å². The van der Waals surface area contributed by atoms with E-state index in [1.807, 2.05) is 41.6 Å². The SMILES string of the molecule is COc1cccc(CC(=O)N2CC(n3ccnc3C(C)C)C2)c1. The Labute approximate surface area is 136 Å². The molecule has 0 spiro atoms. The number of carbonyl (C=O) groups is 1. The predicted molar refractivity (Wildman–Crippen MR) is 88.6 cm³/mol. The number of methoxy groups -OCH3 is 1. The second-order valence-electron chi connectivity index (χ2n) is 6.33. The molecule has 0 atom stereocenters. The minimum absolute atomic E-state index is 0.167. The van der Waals surface area contributed by atoms with E-state index in [2.05, 4.69) is 23.4 Å². The van der Waals surface area contributed by atoms with E-state index in [1.165, 1.54) is 0 Å². The highest BCUT2D eigenvalue weighted by Crippen LogP contribution is 2.26. The van der Waals surface area contributed by atoms with Gasteiger partial charge in [0.1, 0.15) is 11.6 Å². The van der Waals surface area contributed by atoms with Crippen molar-refractivity contribution in [3.8, 4) is 5.75 Å². The van der Waals surface area contributed by atoms with Gasteiger partial charge < -0.3 is 14.2 Å². The van der Waals surface area contributed by atoms with Gasteiger partial charge in [0.2, 0.25) is 5.91 Å². The highest BCUT2D eigenvalue weighted by Gasteiger charge is 2.32. The van der Waals surface area contributed by atoms with Crippen LogP contribution in [0.15, 0.2) is 36.7 Å². The van der Waals surface area contributed by atoms with Crippen molar-refractivity contribution < 1.29 is 9.53 Å². The monoisotopic (exact) mass is 313 g/mol. The topological polar surface area (TPSA) is 47.4 Å². The summed E-state index contributed by atoms with van der Waals surface area (Å²) in [6.07, 6.45) is 4.28. The van der Waals surface area contributed by atoms with Crippen LogP contribution in [0.3, 0.4) is 0 Å². The third-order valence-corrected chi connectivity index (χ3v) is 4.31. The van der Waals surface area contributed by atoms with Gasteiger partial charge >= 0.3 is 0 Å². The Bertz CT molecular complexity index is 687. The number of aromatic nitrogens is 2. The largest absolute Gasteiger partial charge is 0.497 e. The molecule has 1 fully saturated rings. The van der Waals surface area contributed by atoms with Crippen molar-refractivity contribution in [2.45, 2.75) is 32.2 Å². The molecule has 0 bridgehead atoms. The first kappa shape index (κ1) is 15.6. The van der Waals surface area contributed by atoms with Crippen LogP contribution in [0.4, 0.5) is 0 Å². The average molecular weight is 313 g/mol. The second kappa shape index (κ2) is 6.44. The lowest BCUT2D eigenvalue weighted by Crippen LogP contribution is -2.51. The Morgan fingerprint density at radius 3 is 2.87 bits per heavy atom. The van der Waals surface area contributed by atoms with Crippen LogP contribution in [-0.4, -0.2) is 40.6 Å². The molecule has 0 saturated carbocycles. The quantitative estimate of drug-likeness (QED) is 0.852. The van der Waals surface area contributed by atoms with Gasteiger partial charge in [-0.05, 0) is 17.7 Å². The van der Waals surface area contributed by atoms with E-state index in [-0.39, 0.29) is 5.91 Å². The first-order valence-corrected chi connectivity index (χ1v) is 8.02. The summed E-state index contributed by atoms with van der Waals surface area (Å²) in [5.74, 6) is 2.44. The molecule has 2 heterocycles. The molecule has 1 aromatic carbocycles. The van der Waals surface area contributed by atoms with Crippen LogP contribution >= 0.6 is 0 Å². The Morgan fingerprint density at radius 2 is 2.17 bits per heavy atom. The fraction of sp³-hybridized carbons (Fsp3) is 0.444. The summed E-state index contributed by atoms with van der Waals surface area (Å²) >= 11 is 0. The lowest BCUT2D eigenvalue weighted by atomic mass is 10.0. The number of imidazole rings is 1. The van der Waals surface area contributed by atoms with Gasteiger partial charge in [-0.2, -0.15) is 0 Å². The maximum Gasteiger partial charge on any atom is 0.227 e. The van der Waals surface area contributed by atoms with Gasteiger partial charge in [-0.1, -0.05) is 26.0 Å². The highest BCUT2D eigenvalue weighted by molar-refractivity contribution is 5.79. The van der Waals surface area contributed by atoms with E-state index in [0.29, 0.717) is 18.4 Å². The summed E-state index contributed by atoms with van der Waals surface area (Å²) in [4.78, 5) is 18.7. The number of amides is 1. The number of ether oxygens (including phenoxy) is 1. The molecule has 122 valence electrons.